The molecule has 1 saturated heterocycles. The molecule has 14 heteroatoms. The van der Waals surface area contributed by atoms with Crippen LogP contribution in [-0.4, -0.2) is 66.0 Å². The monoisotopic (exact) mass is 596 g/mol. The highest BCUT2D eigenvalue weighted by Crippen LogP contribution is 2.41. The van der Waals surface area contributed by atoms with E-state index in [4.69, 9.17) is 26.4 Å². The molecule has 2 fully saturated rings. The maximum absolute atomic E-state index is 13.9. The number of ether oxygens (including phenoxy) is 1. The summed E-state index contributed by atoms with van der Waals surface area (Å²) in [6, 6.07) is 2.99. The SMILES string of the molecule is COC(=O)C1=C(C2CCN(S(=O)(=O)[C@H]3C[C@H](C(=O)O)C3)CC2)NC(c2nccs2)=NC1c1ccc(F)cc1Cl. The number of thiazole rings is 1. The number of nitrogens with one attached hydrogen (secondary N) is 1. The fourth-order valence-corrected chi connectivity index (χ4v) is 8.19. The molecule has 2 aromatic rings. The van der Waals surface area contributed by atoms with Gasteiger partial charge in [0.05, 0.1) is 23.9 Å². The van der Waals surface area contributed by atoms with Gasteiger partial charge in [-0.3, -0.25) is 9.79 Å². The van der Waals surface area contributed by atoms with Gasteiger partial charge < -0.3 is 15.2 Å². The first-order chi connectivity index (χ1) is 18.6. The van der Waals surface area contributed by atoms with Gasteiger partial charge in [-0.15, -0.1) is 11.3 Å². The average molecular weight is 597 g/mol. The Kier molecular flexibility index (Phi) is 7.77. The number of carbonyl (C=O) groups excluding carboxylic acids is 1. The Morgan fingerprint density at radius 3 is 2.56 bits per heavy atom. The van der Waals surface area contributed by atoms with Gasteiger partial charge in [-0.25, -0.2) is 26.9 Å². The molecule has 5 rings (SSSR count). The van der Waals surface area contributed by atoms with Gasteiger partial charge in [-0.2, -0.15) is 0 Å². The lowest BCUT2D eigenvalue weighted by molar-refractivity contribution is -0.144. The fourth-order valence-electron chi connectivity index (χ4n) is 5.24. The maximum atomic E-state index is 13.9. The summed E-state index contributed by atoms with van der Waals surface area (Å²) in [6.45, 7) is 0.430. The number of aromatic nitrogens is 1. The zero-order valence-corrected chi connectivity index (χ0v) is 23.2. The molecule has 1 aliphatic carbocycles. The van der Waals surface area contributed by atoms with Crippen molar-refractivity contribution in [3.05, 3.63) is 62.5 Å². The number of sulfonamides is 1. The Labute approximate surface area is 233 Å². The van der Waals surface area contributed by atoms with Crippen LogP contribution in [0.25, 0.3) is 0 Å². The van der Waals surface area contributed by atoms with Crippen molar-refractivity contribution in [2.24, 2.45) is 16.8 Å². The molecule has 1 unspecified atom stereocenters. The number of aliphatic imine (C=N–C) groups is 1. The molecule has 0 bridgehead atoms. The highest BCUT2D eigenvalue weighted by atomic mass is 35.5. The zero-order valence-electron chi connectivity index (χ0n) is 20.8. The number of esters is 1. The van der Waals surface area contributed by atoms with Crippen LogP contribution in [0, 0.1) is 17.7 Å². The number of halogens is 2. The lowest BCUT2D eigenvalue weighted by atomic mass is 9.85. The molecule has 2 aliphatic heterocycles. The smallest absolute Gasteiger partial charge is 0.338 e. The van der Waals surface area contributed by atoms with E-state index in [1.165, 1.54) is 34.9 Å². The molecule has 1 atom stereocenters. The van der Waals surface area contributed by atoms with Crippen molar-refractivity contribution in [2.75, 3.05) is 20.2 Å². The zero-order chi connectivity index (χ0) is 27.9. The highest BCUT2D eigenvalue weighted by molar-refractivity contribution is 7.89. The molecule has 10 nitrogen and oxygen atoms in total. The Hall–Kier alpha value is -2.87. The highest BCUT2D eigenvalue weighted by Gasteiger charge is 2.46. The number of aliphatic carboxylic acids is 1. The fraction of sp³-hybridized carbons (Fsp3) is 0.440. The number of nitrogens with zero attached hydrogens (tertiary/aromatic N) is 3. The molecule has 2 N–H and O–H groups in total. The number of carboxylic acids is 1. The van der Waals surface area contributed by atoms with Gasteiger partial charge in [0.25, 0.3) is 0 Å². The van der Waals surface area contributed by atoms with E-state index >= 15 is 0 Å². The van der Waals surface area contributed by atoms with E-state index in [0.717, 1.165) is 6.07 Å². The number of carbonyl (C=O) groups is 2. The molecular formula is C25H26ClFN4O6S2. The van der Waals surface area contributed by atoms with E-state index in [9.17, 15) is 22.4 Å². The standard InChI is InChI=1S/C25H26ClFN4O6S2/c1-37-25(34)19-20(13-4-7-31(8-5-13)39(35,36)16-10-14(11-16)24(32)33)29-22(23-28-6-9-38-23)30-21(19)17-3-2-15(27)12-18(17)26/h2-3,6,9,12-14,16,21H,4-5,7-8,10-11H2,1H3,(H,29,30)(H,32,33)/t14-,16-,21?. The molecular weight excluding hydrogens is 571 g/mol. The molecule has 39 heavy (non-hydrogen) atoms. The number of piperidine rings is 1. The summed E-state index contributed by atoms with van der Waals surface area (Å²) in [4.78, 5) is 33.4. The predicted octanol–water partition coefficient (Wildman–Crippen LogP) is 3.36. The molecule has 0 amide bonds. The molecule has 208 valence electrons. The number of carboxylic acid groups (broad SMARTS) is 1. The van der Waals surface area contributed by atoms with Crippen molar-refractivity contribution in [1.82, 2.24) is 14.6 Å². The van der Waals surface area contributed by atoms with E-state index in [1.54, 1.807) is 11.6 Å². The molecule has 0 radical (unpaired) electrons. The molecule has 1 saturated carbocycles. The van der Waals surface area contributed by atoms with Gasteiger partial charge in [0, 0.05) is 46.9 Å². The minimum Gasteiger partial charge on any atom is -0.481 e. The number of hydrogen-bond donors (Lipinski definition) is 2. The largest absolute Gasteiger partial charge is 0.481 e. The van der Waals surface area contributed by atoms with Crippen LogP contribution in [0.1, 0.15) is 42.3 Å². The molecule has 1 aromatic carbocycles. The summed E-state index contributed by atoms with van der Waals surface area (Å²) in [5.41, 5.74) is 1.18. The van der Waals surface area contributed by atoms with E-state index < -0.39 is 45.0 Å². The van der Waals surface area contributed by atoms with Crippen molar-refractivity contribution in [1.29, 1.82) is 0 Å². The number of allylic oxidation sites excluding steroid dienone is 1. The first-order valence-corrected chi connectivity index (χ1v) is 15.1. The molecule has 3 aliphatic rings. The number of methoxy groups -OCH3 is 1. The number of amidine groups is 1. The average Bonchev–Trinajstić information content (AvgIpc) is 3.41. The third-order valence-corrected chi connectivity index (χ3v) is 10.9. The summed E-state index contributed by atoms with van der Waals surface area (Å²) in [5, 5.41) is 14.2. The van der Waals surface area contributed by atoms with Crippen molar-refractivity contribution >= 4 is 50.7 Å². The molecule has 0 spiro atoms. The van der Waals surface area contributed by atoms with Crippen LogP contribution in [0.4, 0.5) is 4.39 Å². The van der Waals surface area contributed by atoms with Gasteiger partial charge in [0.15, 0.2) is 10.8 Å². The van der Waals surface area contributed by atoms with Crippen molar-refractivity contribution in [3.63, 3.8) is 0 Å². The first kappa shape index (κ1) is 27.7. The molecule has 1 aromatic heterocycles. The van der Waals surface area contributed by atoms with Gasteiger partial charge >= 0.3 is 11.9 Å². The number of benzene rings is 1. The second kappa shape index (κ2) is 11.0. The van der Waals surface area contributed by atoms with Crippen LogP contribution < -0.4 is 5.32 Å². The van der Waals surface area contributed by atoms with Gasteiger partial charge in [-0.05, 0) is 37.8 Å². The Bertz CT molecular complexity index is 1450. The van der Waals surface area contributed by atoms with Crippen LogP contribution in [0.3, 0.4) is 0 Å². The van der Waals surface area contributed by atoms with Gasteiger partial charge in [0.1, 0.15) is 11.9 Å². The van der Waals surface area contributed by atoms with Crippen molar-refractivity contribution < 1.29 is 32.2 Å². The van der Waals surface area contributed by atoms with Crippen LogP contribution >= 0.6 is 22.9 Å². The summed E-state index contributed by atoms with van der Waals surface area (Å²) < 4.78 is 46.6. The van der Waals surface area contributed by atoms with Crippen LogP contribution in [0.15, 0.2) is 46.0 Å². The van der Waals surface area contributed by atoms with E-state index in [2.05, 4.69) is 10.3 Å². The summed E-state index contributed by atoms with van der Waals surface area (Å²) >= 11 is 7.75. The number of hydrogen-bond acceptors (Lipinski definition) is 9. The second-order valence-corrected chi connectivity index (χ2v) is 13.2. The van der Waals surface area contributed by atoms with Crippen molar-refractivity contribution in [2.45, 2.75) is 37.0 Å². The van der Waals surface area contributed by atoms with Gasteiger partial charge in [0.2, 0.25) is 10.0 Å². The maximum Gasteiger partial charge on any atom is 0.338 e. The Morgan fingerprint density at radius 1 is 1.26 bits per heavy atom. The Morgan fingerprint density at radius 2 is 1.97 bits per heavy atom. The third kappa shape index (κ3) is 5.32. The van der Waals surface area contributed by atoms with Gasteiger partial charge in [-0.1, -0.05) is 17.7 Å². The summed E-state index contributed by atoms with van der Waals surface area (Å²) in [5.74, 6) is -2.58. The van der Waals surface area contributed by atoms with Crippen molar-refractivity contribution in [3.8, 4) is 0 Å². The molecule has 3 heterocycles. The normalized spacial score (nSPS) is 24.5. The number of rotatable bonds is 7. The summed E-state index contributed by atoms with van der Waals surface area (Å²) in [7, 11) is -2.37. The summed E-state index contributed by atoms with van der Waals surface area (Å²) in [6.07, 6.45) is 2.68. The van der Waals surface area contributed by atoms with E-state index in [-0.39, 0.29) is 42.4 Å². The minimum atomic E-state index is -3.63. The topological polar surface area (TPSA) is 138 Å². The van der Waals surface area contributed by atoms with Crippen LogP contribution in [-0.2, 0) is 24.3 Å². The Balaban J connectivity index is 1.46. The lowest BCUT2D eigenvalue weighted by Crippen LogP contribution is -2.50. The third-order valence-electron chi connectivity index (χ3n) is 7.46. The van der Waals surface area contributed by atoms with Crippen LogP contribution in [0.5, 0.6) is 0 Å². The lowest BCUT2D eigenvalue weighted by Gasteiger charge is -2.40. The second-order valence-electron chi connectivity index (χ2n) is 9.67. The van der Waals surface area contributed by atoms with E-state index in [0.29, 0.717) is 34.9 Å². The quantitative estimate of drug-likeness (QED) is 0.464. The van der Waals surface area contributed by atoms with E-state index in [1.807, 2.05) is 0 Å². The minimum absolute atomic E-state index is 0.103. The van der Waals surface area contributed by atoms with Crippen LogP contribution in [0.2, 0.25) is 5.02 Å². The predicted molar refractivity (Wildman–Crippen MR) is 142 cm³/mol. The first-order valence-electron chi connectivity index (χ1n) is 12.3.